The number of carboxylic acids is 1. The number of nitrogens with zero attached hydrogens (tertiary/aromatic N) is 3. The second-order valence-electron chi connectivity index (χ2n) is 6.55. The largest absolute Gasteiger partial charge is 0.478 e. The van der Waals surface area contributed by atoms with Gasteiger partial charge in [0.15, 0.2) is 0 Å². The van der Waals surface area contributed by atoms with Crippen LogP contribution in [0.25, 0.3) is 0 Å². The van der Waals surface area contributed by atoms with Gasteiger partial charge in [0.1, 0.15) is 11.4 Å². The van der Waals surface area contributed by atoms with E-state index in [1.54, 1.807) is 25.1 Å². The SMILES string of the molecule is CN(C)c1nc2c(cc1C(=O)O)CCN(C(=O)C1CCOC1)CC2. The van der Waals surface area contributed by atoms with E-state index in [-0.39, 0.29) is 17.4 Å². The number of ether oxygens (including phenoxy) is 1. The summed E-state index contributed by atoms with van der Waals surface area (Å²) < 4.78 is 5.32. The minimum atomic E-state index is -0.978. The lowest BCUT2D eigenvalue weighted by Gasteiger charge is -2.23. The highest BCUT2D eigenvalue weighted by Gasteiger charge is 2.29. The van der Waals surface area contributed by atoms with Crippen molar-refractivity contribution in [3.8, 4) is 0 Å². The number of fused-ring (bicyclic) bond motifs is 1. The first-order chi connectivity index (χ1) is 11.5. The highest BCUT2D eigenvalue weighted by atomic mass is 16.5. The summed E-state index contributed by atoms with van der Waals surface area (Å²) in [6.45, 7) is 2.38. The van der Waals surface area contributed by atoms with Crippen LogP contribution in [0.4, 0.5) is 5.82 Å². The first kappa shape index (κ1) is 16.7. The van der Waals surface area contributed by atoms with Gasteiger partial charge in [-0.05, 0) is 24.5 Å². The molecule has 2 aliphatic rings. The molecule has 1 unspecified atom stereocenters. The van der Waals surface area contributed by atoms with Crippen molar-refractivity contribution in [1.29, 1.82) is 0 Å². The highest BCUT2D eigenvalue weighted by Crippen LogP contribution is 2.24. The number of pyridine rings is 1. The van der Waals surface area contributed by atoms with Crippen molar-refractivity contribution in [2.24, 2.45) is 5.92 Å². The number of aromatic nitrogens is 1. The molecule has 1 aromatic rings. The lowest BCUT2D eigenvalue weighted by Crippen LogP contribution is -2.38. The van der Waals surface area contributed by atoms with Crippen LogP contribution >= 0.6 is 0 Å². The third-order valence-corrected chi connectivity index (χ3v) is 4.69. The molecule has 0 bridgehead atoms. The Morgan fingerprint density at radius 1 is 1.33 bits per heavy atom. The fourth-order valence-corrected chi connectivity index (χ4v) is 3.33. The van der Waals surface area contributed by atoms with Crippen LogP contribution in [0.15, 0.2) is 6.07 Å². The molecule has 2 aliphatic heterocycles. The predicted molar refractivity (Wildman–Crippen MR) is 88.4 cm³/mol. The molecular formula is C17H23N3O4. The number of anilines is 1. The van der Waals surface area contributed by atoms with Gasteiger partial charge in [-0.25, -0.2) is 9.78 Å². The van der Waals surface area contributed by atoms with Crippen LogP contribution in [0, 0.1) is 5.92 Å². The maximum Gasteiger partial charge on any atom is 0.339 e. The summed E-state index contributed by atoms with van der Waals surface area (Å²) in [4.78, 5) is 32.2. The molecule has 24 heavy (non-hydrogen) atoms. The fourth-order valence-electron chi connectivity index (χ4n) is 3.33. The van der Waals surface area contributed by atoms with Crippen molar-refractivity contribution in [3.05, 3.63) is 22.9 Å². The molecule has 0 radical (unpaired) electrons. The highest BCUT2D eigenvalue weighted by molar-refractivity contribution is 5.93. The zero-order valence-corrected chi connectivity index (χ0v) is 14.1. The third kappa shape index (κ3) is 3.21. The quantitative estimate of drug-likeness (QED) is 0.881. The van der Waals surface area contributed by atoms with E-state index in [0.717, 1.165) is 17.7 Å². The smallest absolute Gasteiger partial charge is 0.339 e. The van der Waals surface area contributed by atoms with E-state index in [0.29, 0.717) is 45.0 Å². The normalized spacial score (nSPS) is 20.4. The standard InChI is InChI=1S/C17H23N3O4/c1-19(2)15-13(17(22)23)9-11-3-6-20(7-4-14(11)18-15)16(21)12-5-8-24-10-12/h9,12H,3-8,10H2,1-2H3,(H,22,23). The summed E-state index contributed by atoms with van der Waals surface area (Å²) in [6, 6.07) is 1.71. The van der Waals surface area contributed by atoms with Gasteiger partial charge < -0.3 is 19.6 Å². The first-order valence-electron chi connectivity index (χ1n) is 8.27. The Morgan fingerprint density at radius 2 is 2.08 bits per heavy atom. The number of amides is 1. The molecule has 0 aliphatic carbocycles. The van der Waals surface area contributed by atoms with E-state index < -0.39 is 5.97 Å². The van der Waals surface area contributed by atoms with Crippen LogP contribution in [-0.2, 0) is 22.4 Å². The first-order valence-corrected chi connectivity index (χ1v) is 8.27. The van der Waals surface area contributed by atoms with Crippen LogP contribution in [0.2, 0.25) is 0 Å². The monoisotopic (exact) mass is 333 g/mol. The maximum atomic E-state index is 12.6. The molecule has 1 saturated heterocycles. The Morgan fingerprint density at radius 3 is 2.71 bits per heavy atom. The van der Waals surface area contributed by atoms with Crippen LogP contribution in [-0.4, -0.2) is 67.3 Å². The summed E-state index contributed by atoms with van der Waals surface area (Å²) >= 11 is 0. The number of aromatic carboxylic acids is 1. The molecule has 1 N–H and O–H groups in total. The van der Waals surface area contributed by atoms with Crippen LogP contribution in [0.3, 0.4) is 0 Å². The molecule has 3 heterocycles. The molecule has 7 heteroatoms. The van der Waals surface area contributed by atoms with Crippen molar-refractivity contribution in [3.63, 3.8) is 0 Å². The second-order valence-corrected chi connectivity index (χ2v) is 6.55. The summed E-state index contributed by atoms with van der Waals surface area (Å²) in [5.74, 6) is -0.405. The molecule has 7 nitrogen and oxygen atoms in total. The number of hydrogen-bond donors (Lipinski definition) is 1. The van der Waals surface area contributed by atoms with Crippen molar-refractivity contribution in [2.45, 2.75) is 19.3 Å². The molecular weight excluding hydrogens is 310 g/mol. The van der Waals surface area contributed by atoms with Gasteiger partial charge in [-0.1, -0.05) is 0 Å². The molecule has 3 rings (SSSR count). The lowest BCUT2D eigenvalue weighted by atomic mass is 10.1. The van der Waals surface area contributed by atoms with Gasteiger partial charge in [-0.2, -0.15) is 0 Å². The van der Waals surface area contributed by atoms with Gasteiger partial charge in [0, 0.05) is 45.9 Å². The van der Waals surface area contributed by atoms with Crippen molar-refractivity contribution < 1.29 is 19.4 Å². The van der Waals surface area contributed by atoms with Gasteiger partial charge in [-0.15, -0.1) is 0 Å². The number of carbonyl (C=O) groups is 2. The average molecular weight is 333 g/mol. The summed E-state index contributed by atoms with van der Waals surface area (Å²) in [6.07, 6.45) is 2.07. The number of carbonyl (C=O) groups excluding carboxylic acids is 1. The van der Waals surface area contributed by atoms with E-state index in [9.17, 15) is 14.7 Å². The van der Waals surface area contributed by atoms with E-state index in [2.05, 4.69) is 4.98 Å². The summed E-state index contributed by atoms with van der Waals surface area (Å²) in [7, 11) is 3.57. The van der Waals surface area contributed by atoms with Crippen LogP contribution in [0.5, 0.6) is 0 Å². The van der Waals surface area contributed by atoms with E-state index in [1.807, 2.05) is 4.90 Å². The van der Waals surface area contributed by atoms with Crippen LogP contribution < -0.4 is 4.90 Å². The molecule has 1 aromatic heterocycles. The molecule has 130 valence electrons. The Hall–Kier alpha value is -2.15. The zero-order chi connectivity index (χ0) is 17.3. The minimum Gasteiger partial charge on any atom is -0.478 e. The predicted octanol–water partition coefficient (Wildman–Crippen LogP) is 0.809. The second kappa shape index (κ2) is 6.76. The summed E-state index contributed by atoms with van der Waals surface area (Å²) in [5.41, 5.74) is 2.03. The maximum absolute atomic E-state index is 12.6. The third-order valence-electron chi connectivity index (χ3n) is 4.69. The molecule has 0 saturated carbocycles. The molecule has 1 amide bonds. The lowest BCUT2D eigenvalue weighted by molar-refractivity contribution is -0.135. The Kier molecular flexibility index (Phi) is 4.71. The minimum absolute atomic E-state index is 0.0360. The number of hydrogen-bond acceptors (Lipinski definition) is 5. The van der Waals surface area contributed by atoms with Gasteiger partial charge in [-0.3, -0.25) is 4.79 Å². The number of rotatable bonds is 3. The fraction of sp³-hybridized carbons (Fsp3) is 0.588. The summed E-state index contributed by atoms with van der Waals surface area (Å²) in [5, 5.41) is 9.43. The molecule has 1 fully saturated rings. The van der Waals surface area contributed by atoms with E-state index in [4.69, 9.17) is 4.74 Å². The zero-order valence-electron chi connectivity index (χ0n) is 14.1. The van der Waals surface area contributed by atoms with Gasteiger partial charge >= 0.3 is 5.97 Å². The molecule has 0 spiro atoms. The Bertz CT molecular complexity index is 653. The van der Waals surface area contributed by atoms with Crippen LogP contribution in [0.1, 0.15) is 28.0 Å². The molecule has 1 atom stereocenters. The van der Waals surface area contributed by atoms with Gasteiger partial charge in [0.05, 0.1) is 12.5 Å². The van der Waals surface area contributed by atoms with E-state index in [1.165, 1.54) is 0 Å². The van der Waals surface area contributed by atoms with Gasteiger partial charge in [0.2, 0.25) is 5.91 Å². The van der Waals surface area contributed by atoms with E-state index >= 15 is 0 Å². The van der Waals surface area contributed by atoms with Crippen molar-refractivity contribution in [1.82, 2.24) is 9.88 Å². The number of carboxylic acid groups (broad SMARTS) is 1. The average Bonchev–Trinajstić information content (AvgIpc) is 3.00. The Labute approximate surface area is 141 Å². The topological polar surface area (TPSA) is 83.0 Å². The van der Waals surface area contributed by atoms with Crippen molar-refractivity contribution in [2.75, 3.05) is 45.3 Å². The van der Waals surface area contributed by atoms with Gasteiger partial charge in [0.25, 0.3) is 0 Å². The van der Waals surface area contributed by atoms with Crippen molar-refractivity contribution >= 4 is 17.7 Å². The Balaban J connectivity index is 1.82. The molecule has 0 aromatic carbocycles.